The van der Waals surface area contributed by atoms with Gasteiger partial charge in [0.25, 0.3) is 0 Å². The first-order valence-corrected chi connectivity index (χ1v) is 9.05. The minimum Gasteiger partial charge on any atom is -0.489 e. The van der Waals surface area contributed by atoms with Gasteiger partial charge in [-0.15, -0.1) is 0 Å². The summed E-state index contributed by atoms with van der Waals surface area (Å²) in [5, 5.41) is 12.8. The fourth-order valence-electron chi connectivity index (χ4n) is 2.40. The van der Waals surface area contributed by atoms with Crippen LogP contribution in [0.1, 0.15) is 32.1 Å². The smallest absolute Gasteiger partial charge is 0.347 e. The van der Waals surface area contributed by atoms with Crippen molar-refractivity contribution in [3.8, 4) is 5.75 Å². The number of nitrogens with zero attached hydrogens (tertiary/aromatic N) is 1. The van der Waals surface area contributed by atoms with Crippen molar-refractivity contribution >= 4 is 22.4 Å². The van der Waals surface area contributed by atoms with Crippen molar-refractivity contribution in [2.24, 2.45) is 0 Å². The van der Waals surface area contributed by atoms with E-state index in [2.05, 4.69) is 41.5 Å². The zero-order valence-corrected chi connectivity index (χ0v) is 15.5. The molecule has 0 spiro atoms. The van der Waals surface area contributed by atoms with Gasteiger partial charge in [0.1, 0.15) is 17.2 Å². The van der Waals surface area contributed by atoms with Crippen LogP contribution < -0.4 is 10.1 Å². The second kappa shape index (κ2) is 8.01. The van der Waals surface area contributed by atoms with Gasteiger partial charge >= 0.3 is 5.97 Å². The van der Waals surface area contributed by atoms with Gasteiger partial charge in [-0.2, -0.15) is 0 Å². The zero-order chi connectivity index (χ0) is 18.5. The van der Waals surface area contributed by atoms with Gasteiger partial charge in [0.15, 0.2) is 5.13 Å². The molecule has 0 saturated heterocycles. The number of anilines is 1. The highest BCUT2D eigenvalue weighted by Crippen LogP contribution is 2.23. The van der Waals surface area contributed by atoms with E-state index in [1.165, 1.54) is 5.56 Å². The molecule has 0 saturated carbocycles. The summed E-state index contributed by atoms with van der Waals surface area (Å²) < 4.78 is 5.80. The number of hydrogen-bond acceptors (Lipinski definition) is 5. The zero-order valence-electron chi connectivity index (χ0n) is 14.7. The van der Waals surface area contributed by atoms with Crippen LogP contribution >= 0.6 is 11.3 Å². The van der Waals surface area contributed by atoms with Crippen molar-refractivity contribution in [1.29, 1.82) is 0 Å². The van der Waals surface area contributed by atoms with Crippen molar-refractivity contribution in [3.05, 3.63) is 75.8 Å². The Hall–Kier alpha value is -2.86. The quantitative estimate of drug-likeness (QED) is 0.635. The molecule has 0 amide bonds. The number of carboxylic acid groups (broad SMARTS) is 1. The number of aromatic carboxylic acids is 1. The fraction of sp³-hybridized carbons (Fsp3) is 0.200. The molecule has 0 bridgehead atoms. The molecule has 26 heavy (non-hydrogen) atoms. The van der Waals surface area contributed by atoms with E-state index in [9.17, 15) is 4.79 Å². The van der Waals surface area contributed by atoms with Gasteiger partial charge < -0.3 is 15.2 Å². The number of ether oxygens (including phenoxy) is 1. The van der Waals surface area contributed by atoms with E-state index in [4.69, 9.17) is 9.84 Å². The topological polar surface area (TPSA) is 71.5 Å². The maximum Gasteiger partial charge on any atom is 0.347 e. The molecule has 3 rings (SSSR count). The number of benzene rings is 2. The molecule has 0 unspecified atom stereocenters. The number of aromatic nitrogens is 1. The molecule has 2 aromatic carbocycles. The third kappa shape index (κ3) is 4.61. The fourth-order valence-corrected chi connectivity index (χ4v) is 3.20. The number of carbonyl (C=O) groups is 1. The normalized spacial score (nSPS) is 10.5. The average Bonchev–Trinajstić information content (AvgIpc) is 3.01. The lowest BCUT2D eigenvalue weighted by Gasteiger charge is -2.08. The number of rotatable bonds is 7. The molecule has 134 valence electrons. The summed E-state index contributed by atoms with van der Waals surface area (Å²) in [5.74, 6) is -0.129. The molecule has 0 atom stereocenters. The van der Waals surface area contributed by atoms with Gasteiger partial charge in [-0.1, -0.05) is 53.3 Å². The van der Waals surface area contributed by atoms with E-state index in [0.717, 1.165) is 28.2 Å². The third-order valence-corrected chi connectivity index (χ3v) is 4.99. The van der Waals surface area contributed by atoms with Crippen LogP contribution in [0.2, 0.25) is 0 Å². The predicted molar refractivity (Wildman–Crippen MR) is 103 cm³/mol. The Balaban J connectivity index is 1.53. The van der Waals surface area contributed by atoms with Crippen LogP contribution in [0.3, 0.4) is 0 Å². The van der Waals surface area contributed by atoms with Crippen LogP contribution in [0.15, 0.2) is 48.5 Å². The summed E-state index contributed by atoms with van der Waals surface area (Å²) >= 11 is 1.15. The SMILES string of the molecule is Cc1ccc(COc2ccc(CNc3nc(C)c(C(=O)O)s3)cc2)cc1. The Morgan fingerprint density at radius 1 is 1.08 bits per heavy atom. The van der Waals surface area contributed by atoms with Crippen molar-refractivity contribution in [3.63, 3.8) is 0 Å². The molecule has 3 aromatic rings. The lowest BCUT2D eigenvalue weighted by atomic mass is 10.2. The van der Waals surface area contributed by atoms with Crippen LogP contribution in [0.4, 0.5) is 5.13 Å². The Morgan fingerprint density at radius 3 is 2.35 bits per heavy atom. The van der Waals surface area contributed by atoms with Gasteiger partial charge in [0, 0.05) is 6.54 Å². The van der Waals surface area contributed by atoms with E-state index in [1.54, 1.807) is 6.92 Å². The van der Waals surface area contributed by atoms with E-state index in [1.807, 2.05) is 24.3 Å². The monoisotopic (exact) mass is 368 g/mol. The van der Waals surface area contributed by atoms with Crippen molar-refractivity contribution in [2.75, 3.05) is 5.32 Å². The molecule has 0 aliphatic heterocycles. The summed E-state index contributed by atoms with van der Waals surface area (Å²) in [4.78, 5) is 15.6. The average molecular weight is 368 g/mol. The molecule has 2 N–H and O–H groups in total. The van der Waals surface area contributed by atoms with Gasteiger partial charge in [-0.05, 0) is 37.1 Å². The summed E-state index contributed by atoms with van der Waals surface area (Å²) in [6, 6.07) is 16.1. The lowest BCUT2D eigenvalue weighted by molar-refractivity contribution is 0.0701. The van der Waals surface area contributed by atoms with Crippen LogP contribution in [0.5, 0.6) is 5.75 Å². The Labute approximate surface area is 156 Å². The molecule has 6 heteroatoms. The summed E-state index contributed by atoms with van der Waals surface area (Å²) in [5.41, 5.74) is 3.97. The van der Waals surface area contributed by atoms with E-state index >= 15 is 0 Å². The van der Waals surface area contributed by atoms with Crippen LogP contribution in [0.25, 0.3) is 0 Å². The standard InChI is InChI=1S/C20H20N2O3S/c1-13-3-5-16(6-4-13)12-25-17-9-7-15(8-10-17)11-21-20-22-14(2)18(26-20)19(23)24/h3-10H,11-12H2,1-2H3,(H,21,22)(H,23,24). The van der Waals surface area contributed by atoms with E-state index in [0.29, 0.717) is 24.0 Å². The molecule has 0 aliphatic carbocycles. The first-order valence-electron chi connectivity index (χ1n) is 8.23. The molecule has 0 radical (unpaired) electrons. The maximum absolute atomic E-state index is 11.1. The van der Waals surface area contributed by atoms with Crippen LogP contribution in [0, 0.1) is 13.8 Å². The lowest BCUT2D eigenvalue weighted by Crippen LogP contribution is -1.99. The molecule has 0 fully saturated rings. The molecule has 0 aliphatic rings. The summed E-state index contributed by atoms with van der Waals surface area (Å²) in [6.45, 7) is 4.87. The van der Waals surface area contributed by atoms with Gasteiger partial charge in [0.05, 0.1) is 5.69 Å². The minimum absolute atomic E-state index is 0.271. The first-order chi connectivity index (χ1) is 12.5. The van der Waals surface area contributed by atoms with E-state index in [-0.39, 0.29) is 4.88 Å². The number of carboxylic acids is 1. The Morgan fingerprint density at radius 2 is 1.73 bits per heavy atom. The summed E-state index contributed by atoms with van der Waals surface area (Å²) in [6.07, 6.45) is 0. The highest BCUT2D eigenvalue weighted by atomic mass is 32.1. The predicted octanol–water partition coefficient (Wildman–Crippen LogP) is 4.65. The van der Waals surface area contributed by atoms with Crippen molar-refractivity contribution < 1.29 is 14.6 Å². The maximum atomic E-state index is 11.1. The summed E-state index contributed by atoms with van der Waals surface area (Å²) in [7, 11) is 0. The van der Waals surface area contributed by atoms with Gasteiger partial charge in [0.2, 0.25) is 0 Å². The highest BCUT2D eigenvalue weighted by molar-refractivity contribution is 7.17. The first kappa shape index (κ1) is 17.9. The van der Waals surface area contributed by atoms with E-state index < -0.39 is 5.97 Å². The minimum atomic E-state index is -0.942. The molecular formula is C20H20N2O3S. The van der Waals surface area contributed by atoms with Gasteiger partial charge in [-0.3, -0.25) is 0 Å². The second-order valence-corrected chi connectivity index (χ2v) is 7.01. The Bertz CT molecular complexity index is 886. The Kier molecular flexibility index (Phi) is 5.53. The molecular weight excluding hydrogens is 348 g/mol. The number of nitrogens with one attached hydrogen (secondary N) is 1. The number of hydrogen-bond donors (Lipinski definition) is 2. The highest BCUT2D eigenvalue weighted by Gasteiger charge is 2.13. The number of thiazole rings is 1. The number of aryl methyl sites for hydroxylation is 2. The van der Waals surface area contributed by atoms with Crippen molar-refractivity contribution in [2.45, 2.75) is 27.0 Å². The van der Waals surface area contributed by atoms with Gasteiger partial charge in [-0.25, -0.2) is 9.78 Å². The molecule has 1 aromatic heterocycles. The molecule has 1 heterocycles. The molecule has 5 nitrogen and oxygen atoms in total. The van der Waals surface area contributed by atoms with Crippen LogP contribution in [-0.2, 0) is 13.2 Å². The third-order valence-electron chi connectivity index (χ3n) is 3.88. The second-order valence-electron chi connectivity index (χ2n) is 6.01. The van der Waals surface area contributed by atoms with Crippen LogP contribution in [-0.4, -0.2) is 16.1 Å². The largest absolute Gasteiger partial charge is 0.489 e. The van der Waals surface area contributed by atoms with Crippen molar-refractivity contribution in [1.82, 2.24) is 4.98 Å².